The Kier molecular flexibility index (Phi) is 5.45. The standard InChI is InChI=1S/C6H15NO3S/c1-2-6-11(8,9)10-5-3-4-7/h2-7H2,1H3. The van der Waals surface area contributed by atoms with Gasteiger partial charge in [-0.2, -0.15) is 8.42 Å². The highest BCUT2D eigenvalue weighted by Crippen LogP contribution is 1.96. The molecule has 0 aromatic carbocycles. The molecule has 11 heavy (non-hydrogen) atoms. The molecule has 0 radical (unpaired) electrons. The topological polar surface area (TPSA) is 69.4 Å². The van der Waals surface area contributed by atoms with E-state index in [1.807, 2.05) is 0 Å². The minimum Gasteiger partial charge on any atom is -0.330 e. The number of nitrogens with two attached hydrogens (primary N) is 1. The van der Waals surface area contributed by atoms with Crippen LogP contribution in [0.2, 0.25) is 0 Å². The van der Waals surface area contributed by atoms with Crippen molar-refractivity contribution >= 4 is 10.1 Å². The summed E-state index contributed by atoms with van der Waals surface area (Å²) >= 11 is 0. The van der Waals surface area contributed by atoms with Crippen molar-refractivity contribution in [2.75, 3.05) is 18.9 Å². The molecule has 0 aliphatic heterocycles. The van der Waals surface area contributed by atoms with E-state index in [2.05, 4.69) is 4.18 Å². The van der Waals surface area contributed by atoms with Crippen LogP contribution in [0.4, 0.5) is 0 Å². The van der Waals surface area contributed by atoms with Crippen LogP contribution < -0.4 is 5.73 Å². The summed E-state index contributed by atoms with van der Waals surface area (Å²) in [5, 5.41) is 0. The maximum atomic E-state index is 10.8. The summed E-state index contributed by atoms with van der Waals surface area (Å²) < 4.78 is 26.3. The molecule has 0 unspecified atom stereocenters. The SMILES string of the molecule is CCCS(=O)(=O)OCCCN. The molecule has 0 saturated carbocycles. The van der Waals surface area contributed by atoms with Gasteiger partial charge in [-0.05, 0) is 19.4 Å². The molecule has 0 atom stereocenters. The van der Waals surface area contributed by atoms with Gasteiger partial charge >= 0.3 is 0 Å². The molecule has 0 aliphatic rings. The molecule has 0 rings (SSSR count). The van der Waals surface area contributed by atoms with Crippen molar-refractivity contribution in [3.63, 3.8) is 0 Å². The molecule has 0 fully saturated rings. The average molecular weight is 181 g/mol. The lowest BCUT2D eigenvalue weighted by Gasteiger charge is -2.01. The van der Waals surface area contributed by atoms with Gasteiger partial charge in [0.1, 0.15) is 0 Å². The Morgan fingerprint density at radius 1 is 1.45 bits per heavy atom. The predicted molar refractivity (Wildman–Crippen MR) is 43.7 cm³/mol. The van der Waals surface area contributed by atoms with E-state index in [4.69, 9.17) is 5.73 Å². The second-order valence-corrected chi connectivity index (χ2v) is 3.99. The van der Waals surface area contributed by atoms with Crippen LogP contribution >= 0.6 is 0 Å². The first kappa shape index (κ1) is 10.9. The lowest BCUT2D eigenvalue weighted by molar-refractivity contribution is 0.314. The quantitative estimate of drug-likeness (QED) is 0.466. The van der Waals surface area contributed by atoms with Crippen molar-refractivity contribution < 1.29 is 12.6 Å². The minimum atomic E-state index is -3.26. The van der Waals surface area contributed by atoms with Gasteiger partial charge < -0.3 is 5.73 Å². The van der Waals surface area contributed by atoms with Crippen LogP contribution in [0, 0.1) is 0 Å². The molecular weight excluding hydrogens is 166 g/mol. The molecule has 5 heteroatoms. The van der Waals surface area contributed by atoms with Gasteiger partial charge in [-0.3, -0.25) is 4.18 Å². The van der Waals surface area contributed by atoms with Gasteiger partial charge in [-0.1, -0.05) is 6.92 Å². The fourth-order valence-electron chi connectivity index (χ4n) is 0.578. The third kappa shape index (κ3) is 6.28. The summed E-state index contributed by atoms with van der Waals surface area (Å²) in [7, 11) is -3.26. The Hall–Kier alpha value is -0.130. The summed E-state index contributed by atoms with van der Waals surface area (Å²) in [6.45, 7) is 2.46. The number of hydrogen-bond donors (Lipinski definition) is 1. The fourth-order valence-corrected chi connectivity index (χ4v) is 1.57. The van der Waals surface area contributed by atoms with Crippen LogP contribution in [0.1, 0.15) is 19.8 Å². The third-order valence-corrected chi connectivity index (χ3v) is 2.50. The van der Waals surface area contributed by atoms with E-state index in [9.17, 15) is 8.42 Å². The van der Waals surface area contributed by atoms with E-state index >= 15 is 0 Å². The summed E-state index contributed by atoms with van der Waals surface area (Å²) in [4.78, 5) is 0. The maximum absolute atomic E-state index is 10.8. The van der Waals surface area contributed by atoms with Gasteiger partial charge in [-0.25, -0.2) is 0 Å². The van der Waals surface area contributed by atoms with Crippen molar-refractivity contribution in [1.29, 1.82) is 0 Å². The summed E-state index contributed by atoms with van der Waals surface area (Å²) in [6.07, 6.45) is 1.17. The van der Waals surface area contributed by atoms with Gasteiger partial charge in [-0.15, -0.1) is 0 Å². The Balaban J connectivity index is 3.56. The largest absolute Gasteiger partial charge is 0.330 e. The summed E-state index contributed by atoms with van der Waals surface area (Å²) in [6, 6.07) is 0. The average Bonchev–Trinajstić information content (AvgIpc) is 1.87. The maximum Gasteiger partial charge on any atom is 0.267 e. The number of hydrogen-bond acceptors (Lipinski definition) is 4. The Labute approximate surface area is 67.9 Å². The van der Waals surface area contributed by atoms with Crippen LogP contribution in [-0.4, -0.2) is 27.3 Å². The van der Waals surface area contributed by atoms with Crippen molar-refractivity contribution in [1.82, 2.24) is 0 Å². The van der Waals surface area contributed by atoms with Gasteiger partial charge in [0, 0.05) is 0 Å². The predicted octanol–water partition coefficient (Wildman–Crippen LogP) is 0.0916. The van der Waals surface area contributed by atoms with Crippen molar-refractivity contribution in [2.45, 2.75) is 19.8 Å². The second kappa shape index (κ2) is 5.51. The Bertz CT molecular complexity index is 176. The van der Waals surface area contributed by atoms with Gasteiger partial charge in [0.15, 0.2) is 0 Å². The molecule has 0 spiro atoms. The Morgan fingerprint density at radius 3 is 2.55 bits per heavy atom. The zero-order chi connectivity index (χ0) is 8.74. The minimum absolute atomic E-state index is 0.0948. The molecule has 2 N–H and O–H groups in total. The molecule has 0 aromatic rings. The van der Waals surface area contributed by atoms with Crippen molar-refractivity contribution in [2.24, 2.45) is 5.73 Å². The van der Waals surface area contributed by atoms with E-state index in [1.165, 1.54) is 0 Å². The molecule has 0 amide bonds. The van der Waals surface area contributed by atoms with Crippen molar-refractivity contribution in [3.8, 4) is 0 Å². The lowest BCUT2D eigenvalue weighted by Crippen LogP contribution is -2.13. The third-order valence-electron chi connectivity index (χ3n) is 1.07. The summed E-state index contributed by atoms with van der Waals surface area (Å²) in [5.41, 5.74) is 5.16. The molecule has 0 heterocycles. The highest BCUT2D eigenvalue weighted by atomic mass is 32.2. The molecule has 68 valence electrons. The van der Waals surface area contributed by atoms with Crippen LogP contribution in [0.25, 0.3) is 0 Å². The highest BCUT2D eigenvalue weighted by molar-refractivity contribution is 7.86. The molecule has 0 aliphatic carbocycles. The first-order valence-electron chi connectivity index (χ1n) is 3.69. The smallest absolute Gasteiger partial charge is 0.267 e. The van der Waals surface area contributed by atoms with E-state index < -0.39 is 10.1 Å². The van der Waals surface area contributed by atoms with Gasteiger partial charge in [0.2, 0.25) is 0 Å². The molecule has 0 aromatic heterocycles. The monoisotopic (exact) mass is 181 g/mol. The first-order chi connectivity index (χ1) is 5.12. The normalized spacial score (nSPS) is 11.8. The molecule has 0 saturated heterocycles. The molecule has 4 nitrogen and oxygen atoms in total. The van der Waals surface area contributed by atoms with E-state index in [0.717, 1.165) is 0 Å². The molecular formula is C6H15NO3S. The van der Waals surface area contributed by atoms with E-state index in [-0.39, 0.29) is 12.4 Å². The lowest BCUT2D eigenvalue weighted by atomic mass is 10.5. The fraction of sp³-hybridized carbons (Fsp3) is 1.00. The van der Waals surface area contributed by atoms with E-state index in [1.54, 1.807) is 6.92 Å². The Morgan fingerprint density at radius 2 is 2.09 bits per heavy atom. The van der Waals surface area contributed by atoms with Crippen molar-refractivity contribution in [3.05, 3.63) is 0 Å². The van der Waals surface area contributed by atoms with Crippen LogP contribution in [0.5, 0.6) is 0 Å². The number of rotatable bonds is 6. The second-order valence-electron chi connectivity index (χ2n) is 2.23. The zero-order valence-corrected chi connectivity index (χ0v) is 7.56. The van der Waals surface area contributed by atoms with E-state index in [0.29, 0.717) is 19.4 Å². The van der Waals surface area contributed by atoms with Gasteiger partial charge in [0.25, 0.3) is 10.1 Å². The summed E-state index contributed by atoms with van der Waals surface area (Å²) in [5.74, 6) is 0.0948. The zero-order valence-electron chi connectivity index (χ0n) is 6.75. The highest BCUT2D eigenvalue weighted by Gasteiger charge is 2.07. The molecule has 0 bridgehead atoms. The van der Waals surface area contributed by atoms with Crippen LogP contribution in [0.15, 0.2) is 0 Å². The van der Waals surface area contributed by atoms with Gasteiger partial charge in [0.05, 0.1) is 12.4 Å². The first-order valence-corrected chi connectivity index (χ1v) is 5.27. The van der Waals surface area contributed by atoms with Crippen LogP contribution in [0.3, 0.4) is 0 Å². The van der Waals surface area contributed by atoms with Crippen LogP contribution in [-0.2, 0) is 14.3 Å².